The third-order valence-electron chi connectivity index (χ3n) is 6.90. The highest BCUT2D eigenvalue weighted by molar-refractivity contribution is 5.83. The Morgan fingerprint density at radius 1 is 0.927 bits per heavy atom. The molecule has 0 aliphatic carbocycles. The average Bonchev–Trinajstić information content (AvgIpc) is 3.38. The van der Waals surface area contributed by atoms with Crippen molar-refractivity contribution in [1.29, 1.82) is 5.26 Å². The zero-order chi connectivity index (χ0) is 28.8. The molecule has 0 atom stereocenters. The lowest BCUT2D eigenvalue weighted by Crippen LogP contribution is -2.38. The number of piperidine rings is 1. The van der Waals surface area contributed by atoms with Gasteiger partial charge in [0.05, 0.1) is 5.56 Å². The van der Waals surface area contributed by atoms with Gasteiger partial charge >= 0.3 is 0 Å². The molecule has 0 unspecified atom stereocenters. The third-order valence-corrected chi connectivity index (χ3v) is 6.90. The van der Waals surface area contributed by atoms with Gasteiger partial charge in [-0.1, -0.05) is 26.0 Å². The lowest BCUT2D eigenvalue weighted by Gasteiger charge is -2.32. The van der Waals surface area contributed by atoms with E-state index < -0.39 is 0 Å². The zero-order valence-electron chi connectivity index (χ0n) is 23.2. The molecule has 1 aliphatic rings. The summed E-state index contributed by atoms with van der Waals surface area (Å²) in [6.07, 6.45) is 5.26. The van der Waals surface area contributed by atoms with Crippen LogP contribution in [0.15, 0.2) is 67.0 Å². The van der Waals surface area contributed by atoms with Crippen molar-refractivity contribution >= 4 is 28.6 Å². The van der Waals surface area contributed by atoms with Gasteiger partial charge in [-0.2, -0.15) is 5.26 Å². The second-order valence-electron chi connectivity index (χ2n) is 9.52. The van der Waals surface area contributed by atoms with E-state index in [4.69, 9.17) is 21.7 Å². The number of nitrogens with two attached hydrogens (primary N) is 2. The Labute approximate surface area is 238 Å². The smallest absolute Gasteiger partial charge is 0.234 e. The van der Waals surface area contributed by atoms with Crippen LogP contribution in [0.3, 0.4) is 0 Å². The number of pyridine rings is 2. The van der Waals surface area contributed by atoms with Crippen LogP contribution in [0.2, 0.25) is 0 Å². The predicted octanol–water partition coefficient (Wildman–Crippen LogP) is 4.41. The summed E-state index contributed by atoms with van der Waals surface area (Å²) in [7, 11) is 0. The Bertz CT molecular complexity index is 1660. The average molecular weight is 548 g/mol. The summed E-state index contributed by atoms with van der Waals surface area (Å²) in [5.41, 5.74) is 16.5. The van der Waals surface area contributed by atoms with Crippen LogP contribution in [-0.2, 0) is 6.54 Å². The molecule has 0 saturated carbocycles. The van der Waals surface area contributed by atoms with Gasteiger partial charge in [-0.25, -0.2) is 24.9 Å². The maximum Gasteiger partial charge on any atom is 0.234 e. The van der Waals surface area contributed by atoms with E-state index in [0.717, 1.165) is 49.2 Å². The van der Waals surface area contributed by atoms with Gasteiger partial charge in [-0.05, 0) is 60.9 Å². The molecule has 41 heavy (non-hydrogen) atoms. The van der Waals surface area contributed by atoms with Crippen LogP contribution in [0.5, 0.6) is 0 Å². The lowest BCUT2D eigenvalue weighted by molar-refractivity contribution is 0.211. The normalized spacial score (nSPS) is 13.8. The fourth-order valence-electron chi connectivity index (χ4n) is 4.95. The van der Waals surface area contributed by atoms with E-state index in [1.54, 1.807) is 24.5 Å². The summed E-state index contributed by atoms with van der Waals surface area (Å²) in [6, 6.07) is 19.9. The monoisotopic (exact) mass is 547 g/mol. The first-order valence-electron chi connectivity index (χ1n) is 13.7. The molecule has 0 spiro atoms. The largest absolute Gasteiger partial charge is 0.384 e. The molecule has 0 amide bonds. The Balaban J connectivity index is 0.00000165. The molecule has 1 aromatic carbocycles. The number of nitriles is 1. The van der Waals surface area contributed by atoms with Crippen LogP contribution < -0.4 is 16.8 Å². The topological polar surface area (TPSA) is 160 Å². The van der Waals surface area contributed by atoms with Gasteiger partial charge in [0.1, 0.15) is 29.0 Å². The molecule has 5 aromatic rings. The molecule has 1 aliphatic heterocycles. The quantitative estimate of drug-likeness (QED) is 0.278. The van der Waals surface area contributed by atoms with E-state index in [1.165, 1.54) is 5.56 Å². The van der Waals surface area contributed by atoms with E-state index >= 15 is 0 Å². The van der Waals surface area contributed by atoms with E-state index in [-0.39, 0.29) is 5.82 Å². The van der Waals surface area contributed by atoms with Gasteiger partial charge in [-0.3, -0.25) is 9.47 Å². The van der Waals surface area contributed by atoms with Crippen molar-refractivity contribution in [2.45, 2.75) is 39.3 Å². The summed E-state index contributed by atoms with van der Waals surface area (Å²) in [6.45, 7) is 6.79. The summed E-state index contributed by atoms with van der Waals surface area (Å²) >= 11 is 0. The van der Waals surface area contributed by atoms with Crippen molar-refractivity contribution in [3.63, 3.8) is 0 Å². The minimum Gasteiger partial charge on any atom is -0.384 e. The standard InChI is InChI=1S/C28H27N11.C2H6/c29-16-25-32-13-9-24(37-25)34-19-10-14-38(15-11-19)17-18-3-5-20(6-4-18)39-27(21-2-1-12-33-26(21)31)35-22-7-8-23(30)36-28(22)39;1-2/h1-9,12-13,19H,10-11,14-15,17H2,(H2,30,36)(H2,31,33)(H,32,34,37);1-2H3. The van der Waals surface area contributed by atoms with Gasteiger partial charge in [0.25, 0.3) is 0 Å². The van der Waals surface area contributed by atoms with Crippen LogP contribution in [0.25, 0.3) is 28.2 Å². The zero-order valence-corrected chi connectivity index (χ0v) is 23.2. The number of likely N-dealkylation sites (tertiary alicyclic amines) is 1. The molecule has 5 N–H and O–H groups in total. The second-order valence-corrected chi connectivity index (χ2v) is 9.52. The Morgan fingerprint density at radius 3 is 2.44 bits per heavy atom. The maximum absolute atomic E-state index is 9.02. The molecule has 208 valence electrons. The molecular weight excluding hydrogens is 514 g/mol. The third kappa shape index (κ3) is 6.08. The van der Waals surface area contributed by atoms with Crippen LogP contribution in [0, 0.1) is 11.3 Å². The predicted molar refractivity (Wildman–Crippen MR) is 161 cm³/mol. The van der Waals surface area contributed by atoms with Gasteiger partial charge in [0, 0.05) is 43.8 Å². The molecule has 11 nitrogen and oxygen atoms in total. The molecule has 1 saturated heterocycles. The van der Waals surface area contributed by atoms with Gasteiger partial charge in [-0.15, -0.1) is 0 Å². The number of nitrogens with zero attached hydrogens (tertiary/aromatic N) is 8. The SMILES string of the molecule is CC.N#Cc1nccc(NC2CCN(Cc3ccc(-n4c(-c5cccnc5N)nc5ccc(N)nc54)cc3)CC2)n1. The fourth-order valence-corrected chi connectivity index (χ4v) is 4.95. The van der Waals surface area contributed by atoms with Gasteiger partial charge < -0.3 is 16.8 Å². The first-order chi connectivity index (χ1) is 20.1. The van der Waals surface area contributed by atoms with E-state index in [9.17, 15) is 0 Å². The molecule has 0 radical (unpaired) electrons. The number of anilines is 3. The van der Waals surface area contributed by atoms with Crippen molar-refractivity contribution in [2.75, 3.05) is 29.9 Å². The molecule has 0 bridgehead atoms. The molecule has 4 aromatic heterocycles. The highest BCUT2D eigenvalue weighted by atomic mass is 15.2. The Morgan fingerprint density at radius 2 is 1.71 bits per heavy atom. The molecule has 1 fully saturated rings. The number of hydrogen-bond acceptors (Lipinski definition) is 10. The van der Waals surface area contributed by atoms with Crippen LogP contribution >= 0.6 is 0 Å². The van der Waals surface area contributed by atoms with Crippen molar-refractivity contribution < 1.29 is 0 Å². The Hall–Kier alpha value is -5.08. The summed E-state index contributed by atoms with van der Waals surface area (Å²) in [5, 5.41) is 12.5. The Kier molecular flexibility index (Phi) is 8.31. The summed E-state index contributed by atoms with van der Waals surface area (Å²) < 4.78 is 1.98. The molecule has 11 heteroatoms. The minimum atomic E-state index is 0.180. The first-order valence-corrected chi connectivity index (χ1v) is 13.7. The van der Waals surface area contributed by atoms with Gasteiger partial charge in [0.2, 0.25) is 5.82 Å². The van der Waals surface area contributed by atoms with Crippen molar-refractivity contribution in [2.24, 2.45) is 0 Å². The molecule has 5 heterocycles. The van der Waals surface area contributed by atoms with Crippen molar-refractivity contribution in [1.82, 2.24) is 34.4 Å². The van der Waals surface area contributed by atoms with Gasteiger partial charge in [0.15, 0.2) is 11.5 Å². The molecule has 6 rings (SSSR count). The van der Waals surface area contributed by atoms with E-state index in [0.29, 0.717) is 35.0 Å². The van der Waals surface area contributed by atoms with Crippen LogP contribution in [0.4, 0.5) is 17.5 Å². The number of nitrogens with one attached hydrogen (secondary N) is 1. The lowest BCUT2D eigenvalue weighted by atomic mass is 10.0. The summed E-state index contributed by atoms with van der Waals surface area (Å²) in [5.74, 6) is 2.38. The van der Waals surface area contributed by atoms with E-state index in [1.807, 2.05) is 42.7 Å². The van der Waals surface area contributed by atoms with Crippen LogP contribution in [-0.4, -0.2) is 53.5 Å². The van der Waals surface area contributed by atoms with E-state index in [2.05, 4.69) is 54.4 Å². The fraction of sp³-hybridized carbons (Fsp3) is 0.267. The number of fused-ring (bicyclic) bond motifs is 1. The number of hydrogen-bond donors (Lipinski definition) is 3. The number of aromatic nitrogens is 6. The molecular formula is C30H33N11. The maximum atomic E-state index is 9.02. The number of nitrogen functional groups attached to an aromatic ring is 2. The number of benzene rings is 1. The van der Waals surface area contributed by atoms with Crippen molar-refractivity contribution in [3.8, 4) is 23.1 Å². The second kappa shape index (κ2) is 12.4. The number of rotatable bonds is 6. The highest BCUT2D eigenvalue weighted by Crippen LogP contribution is 2.31. The number of imidazole rings is 1. The summed E-state index contributed by atoms with van der Waals surface area (Å²) in [4.78, 5) is 24.2. The highest BCUT2D eigenvalue weighted by Gasteiger charge is 2.21. The first kappa shape index (κ1) is 27.5. The van der Waals surface area contributed by atoms with Crippen LogP contribution in [0.1, 0.15) is 38.1 Å². The van der Waals surface area contributed by atoms with Crippen molar-refractivity contribution in [3.05, 3.63) is 78.4 Å². The minimum absolute atomic E-state index is 0.180.